The number of imidazole rings is 1. The highest BCUT2D eigenvalue weighted by atomic mass is 16.3. The number of aliphatic hydroxyl groups is 1. The molecule has 0 fully saturated rings. The molecule has 6 nitrogen and oxygen atoms in total. The first-order chi connectivity index (χ1) is 11.9. The number of amides is 2. The van der Waals surface area contributed by atoms with E-state index in [1.807, 2.05) is 35.0 Å². The van der Waals surface area contributed by atoms with Crippen LogP contribution in [-0.2, 0) is 6.54 Å². The fourth-order valence-corrected chi connectivity index (χ4v) is 2.40. The van der Waals surface area contributed by atoms with E-state index in [4.69, 9.17) is 0 Å². The summed E-state index contributed by atoms with van der Waals surface area (Å²) in [5.74, 6) is 0.533. The zero-order chi connectivity index (χ0) is 18.3. The largest absolute Gasteiger partial charge is 0.388 e. The van der Waals surface area contributed by atoms with Gasteiger partial charge in [0, 0.05) is 31.2 Å². The van der Waals surface area contributed by atoms with E-state index >= 15 is 0 Å². The number of hydrogen-bond acceptors (Lipinski definition) is 3. The number of hydrogen-bond donors (Lipinski definition) is 3. The van der Waals surface area contributed by atoms with Crippen molar-refractivity contribution < 1.29 is 9.90 Å². The molecule has 1 heterocycles. The van der Waals surface area contributed by atoms with Crippen LogP contribution in [0.1, 0.15) is 39.2 Å². The molecule has 1 unspecified atom stereocenters. The fourth-order valence-electron chi connectivity index (χ4n) is 2.40. The van der Waals surface area contributed by atoms with Gasteiger partial charge in [0.05, 0.1) is 11.9 Å². The highest BCUT2D eigenvalue weighted by Crippen LogP contribution is 2.15. The van der Waals surface area contributed by atoms with Crippen LogP contribution < -0.4 is 10.6 Å². The third-order valence-electron chi connectivity index (χ3n) is 4.08. The Morgan fingerprint density at radius 3 is 2.60 bits per heavy atom. The molecule has 0 aliphatic heterocycles. The molecular weight excluding hydrogens is 316 g/mol. The molecule has 1 aromatic heterocycles. The highest BCUT2D eigenvalue weighted by Gasteiger charge is 2.21. The zero-order valence-corrected chi connectivity index (χ0v) is 15.2. The van der Waals surface area contributed by atoms with Crippen LogP contribution in [0.5, 0.6) is 0 Å². The summed E-state index contributed by atoms with van der Waals surface area (Å²) in [4.78, 5) is 15.9. The molecule has 2 rings (SSSR count). The summed E-state index contributed by atoms with van der Waals surface area (Å²) in [6.07, 6.45) is 6.95. The van der Waals surface area contributed by atoms with Crippen LogP contribution >= 0.6 is 0 Å². The van der Waals surface area contributed by atoms with Gasteiger partial charge in [-0.05, 0) is 43.4 Å². The first-order valence-electron chi connectivity index (χ1n) is 8.67. The van der Waals surface area contributed by atoms with Gasteiger partial charge in [0.25, 0.3) is 0 Å². The molecule has 1 aromatic carbocycles. The lowest BCUT2D eigenvalue weighted by molar-refractivity contribution is 0.0476. The summed E-state index contributed by atoms with van der Waals surface area (Å²) in [6.45, 7) is 6.67. The molecule has 2 amide bonds. The number of rotatable bonds is 8. The molecule has 0 spiro atoms. The molecule has 0 aliphatic rings. The Balaban J connectivity index is 1.74. The quantitative estimate of drug-likeness (QED) is 0.689. The molecule has 25 heavy (non-hydrogen) atoms. The van der Waals surface area contributed by atoms with Crippen molar-refractivity contribution >= 4 is 6.03 Å². The minimum absolute atomic E-state index is 0.241. The number of carbonyl (C=O) groups is 1. The Kier molecular flexibility index (Phi) is 6.58. The second-order valence-corrected chi connectivity index (χ2v) is 7.10. The number of benzene rings is 1. The number of carbonyl (C=O) groups excluding carboxylic acids is 1. The maximum atomic E-state index is 11.9. The molecule has 0 saturated carbocycles. The first kappa shape index (κ1) is 19.0. The second-order valence-electron chi connectivity index (χ2n) is 7.10. The van der Waals surface area contributed by atoms with E-state index < -0.39 is 5.60 Å². The lowest BCUT2D eigenvalue weighted by atomic mass is 9.95. The lowest BCUT2D eigenvalue weighted by Gasteiger charge is -2.24. The van der Waals surface area contributed by atoms with Crippen LogP contribution in [0.2, 0.25) is 0 Å². The van der Waals surface area contributed by atoms with Crippen molar-refractivity contribution in [2.75, 3.05) is 6.54 Å². The summed E-state index contributed by atoms with van der Waals surface area (Å²) in [5.41, 5.74) is 1.14. The van der Waals surface area contributed by atoms with E-state index in [1.165, 1.54) is 0 Å². The van der Waals surface area contributed by atoms with Gasteiger partial charge in [-0.1, -0.05) is 26.0 Å². The van der Waals surface area contributed by atoms with Crippen molar-refractivity contribution in [1.29, 1.82) is 0 Å². The van der Waals surface area contributed by atoms with Gasteiger partial charge in [-0.3, -0.25) is 0 Å². The molecule has 0 radical (unpaired) electrons. The SMILES string of the molecule is CC(C)CCC(C)(O)CNC(=O)NCc1ccc(-n2ccnc2)cc1. The van der Waals surface area contributed by atoms with Crippen LogP contribution in [-0.4, -0.2) is 32.8 Å². The molecule has 6 heteroatoms. The predicted molar refractivity (Wildman–Crippen MR) is 98.5 cm³/mol. The number of urea groups is 1. The highest BCUT2D eigenvalue weighted by molar-refractivity contribution is 5.73. The Morgan fingerprint density at radius 2 is 2.00 bits per heavy atom. The molecule has 2 aromatic rings. The molecule has 0 aliphatic carbocycles. The first-order valence-corrected chi connectivity index (χ1v) is 8.67. The molecule has 0 saturated heterocycles. The standard InChI is InChI=1S/C19H28N4O2/c1-15(2)8-9-19(3,25)13-22-18(24)21-12-16-4-6-17(7-5-16)23-11-10-20-14-23/h4-7,10-11,14-15,25H,8-9,12-13H2,1-3H3,(H2,21,22,24). The molecule has 1 atom stereocenters. The van der Waals surface area contributed by atoms with Crippen molar-refractivity contribution in [3.63, 3.8) is 0 Å². The topological polar surface area (TPSA) is 79.2 Å². The van der Waals surface area contributed by atoms with E-state index in [0.29, 0.717) is 18.9 Å². The fraction of sp³-hybridized carbons (Fsp3) is 0.474. The van der Waals surface area contributed by atoms with Crippen molar-refractivity contribution in [2.24, 2.45) is 5.92 Å². The Bertz CT molecular complexity index is 649. The molecular formula is C19H28N4O2. The maximum absolute atomic E-state index is 11.9. The van der Waals surface area contributed by atoms with Crippen LogP contribution in [0, 0.1) is 5.92 Å². The van der Waals surface area contributed by atoms with Crippen molar-refractivity contribution in [3.05, 3.63) is 48.5 Å². The zero-order valence-electron chi connectivity index (χ0n) is 15.2. The summed E-state index contributed by atoms with van der Waals surface area (Å²) >= 11 is 0. The van der Waals surface area contributed by atoms with Gasteiger partial charge in [0.1, 0.15) is 0 Å². The van der Waals surface area contributed by atoms with Crippen LogP contribution in [0.3, 0.4) is 0 Å². The minimum Gasteiger partial charge on any atom is -0.388 e. The number of nitrogens with one attached hydrogen (secondary N) is 2. The summed E-state index contributed by atoms with van der Waals surface area (Å²) < 4.78 is 1.92. The normalized spacial score (nSPS) is 13.5. The van der Waals surface area contributed by atoms with Crippen molar-refractivity contribution in [2.45, 2.75) is 45.8 Å². The maximum Gasteiger partial charge on any atom is 0.315 e. The summed E-state index contributed by atoms with van der Waals surface area (Å²) in [6, 6.07) is 7.62. The third kappa shape index (κ3) is 6.58. The monoisotopic (exact) mass is 344 g/mol. The van der Waals surface area contributed by atoms with E-state index in [0.717, 1.165) is 17.7 Å². The summed E-state index contributed by atoms with van der Waals surface area (Å²) in [7, 11) is 0. The number of nitrogens with zero attached hydrogens (tertiary/aromatic N) is 2. The van der Waals surface area contributed by atoms with Crippen LogP contribution in [0.4, 0.5) is 4.79 Å². The van der Waals surface area contributed by atoms with Crippen LogP contribution in [0.15, 0.2) is 43.0 Å². The Hall–Kier alpha value is -2.34. The number of aromatic nitrogens is 2. The predicted octanol–water partition coefficient (Wildman–Crippen LogP) is 2.86. The van der Waals surface area contributed by atoms with E-state index in [-0.39, 0.29) is 12.6 Å². The van der Waals surface area contributed by atoms with Gasteiger partial charge in [-0.2, -0.15) is 0 Å². The van der Waals surface area contributed by atoms with Gasteiger partial charge in [0.15, 0.2) is 0 Å². The minimum atomic E-state index is -0.881. The Labute approximate surface area is 149 Å². The summed E-state index contributed by atoms with van der Waals surface area (Å²) in [5, 5.41) is 15.8. The van der Waals surface area contributed by atoms with Crippen molar-refractivity contribution in [1.82, 2.24) is 20.2 Å². The Morgan fingerprint density at radius 1 is 1.28 bits per heavy atom. The molecule has 3 N–H and O–H groups in total. The second kappa shape index (κ2) is 8.67. The van der Waals surface area contributed by atoms with Gasteiger partial charge in [-0.25, -0.2) is 9.78 Å². The average molecular weight is 344 g/mol. The smallest absolute Gasteiger partial charge is 0.315 e. The van der Waals surface area contributed by atoms with Crippen molar-refractivity contribution in [3.8, 4) is 5.69 Å². The van der Waals surface area contributed by atoms with E-state index in [1.54, 1.807) is 19.4 Å². The third-order valence-corrected chi connectivity index (χ3v) is 4.08. The molecule has 0 bridgehead atoms. The molecule has 136 valence electrons. The average Bonchev–Trinajstić information content (AvgIpc) is 3.12. The van der Waals surface area contributed by atoms with Gasteiger partial charge >= 0.3 is 6.03 Å². The van der Waals surface area contributed by atoms with E-state index in [2.05, 4.69) is 29.5 Å². The van der Waals surface area contributed by atoms with Gasteiger partial charge < -0.3 is 20.3 Å². The lowest BCUT2D eigenvalue weighted by Crippen LogP contribution is -2.44. The van der Waals surface area contributed by atoms with Gasteiger partial charge in [-0.15, -0.1) is 0 Å². The van der Waals surface area contributed by atoms with Gasteiger partial charge in [0.2, 0.25) is 0 Å². The van der Waals surface area contributed by atoms with E-state index in [9.17, 15) is 9.90 Å². The van der Waals surface area contributed by atoms with Crippen LogP contribution in [0.25, 0.3) is 5.69 Å².